The van der Waals surface area contributed by atoms with E-state index in [-0.39, 0.29) is 17.1 Å². The molecule has 0 radical (unpaired) electrons. The summed E-state index contributed by atoms with van der Waals surface area (Å²) in [7, 11) is 0. The molecule has 2 aliphatic rings. The summed E-state index contributed by atoms with van der Waals surface area (Å²) in [5, 5.41) is 54.5. The predicted molar refractivity (Wildman–Crippen MR) is 117 cm³/mol. The number of hydrogen-bond donors (Lipinski definition) is 8. The van der Waals surface area contributed by atoms with Crippen LogP contribution >= 0.6 is 0 Å². The lowest BCUT2D eigenvalue weighted by Crippen LogP contribution is -2.66. The Morgan fingerprint density at radius 1 is 1.34 bits per heavy atom. The van der Waals surface area contributed by atoms with Crippen LogP contribution in [-0.4, -0.2) is 99.5 Å². The molecule has 1 amide bonds. The van der Waals surface area contributed by atoms with Gasteiger partial charge in [0.15, 0.2) is 17.9 Å². The van der Waals surface area contributed by atoms with Crippen molar-refractivity contribution in [3.8, 4) is 0 Å². The van der Waals surface area contributed by atoms with E-state index in [0.29, 0.717) is 12.8 Å². The van der Waals surface area contributed by atoms with E-state index < -0.39 is 73.0 Å². The van der Waals surface area contributed by atoms with Gasteiger partial charge in [-0.05, 0) is 12.8 Å². The lowest BCUT2D eigenvalue weighted by molar-refractivity contribution is -0.273. The number of nitrogens with one attached hydrogen (secondary N) is 1. The van der Waals surface area contributed by atoms with Gasteiger partial charge in [-0.2, -0.15) is 4.98 Å². The molecule has 8 atom stereocenters. The molecule has 2 aromatic heterocycles. The van der Waals surface area contributed by atoms with Crippen LogP contribution < -0.4 is 16.8 Å². The van der Waals surface area contributed by atoms with Gasteiger partial charge in [-0.15, -0.1) is 0 Å². The number of anilines is 1. The van der Waals surface area contributed by atoms with Gasteiger partial charge in [0.1, 0.15) is 23.3 Å². The van der Waals surface area contributed by atoms with Gasteiger partial charge in [0.05, 0.1) is 31.2 Å². The number of nitrogen functional groups attached to an aromatic ring is 1. The number of aliphatic hydroxyl groups is 4. The van der Waals surface area contributed by atoms with Crippen LogP contribution in [0.2, 0.25) is 0 Å². The van der Waals surface area contributed by atoms with Gasteiger partial charge in [-0.25, -0.2) is 14.8 Å². The highest BCUT2D eigenvalue weighted by molar-refractivity contribution is 5.86. The predicted octanol–water partition coefficient (Wildman–Crippen LogP) is -3.16. The van der Waals surface area contributed by atoms with Gasteiger partial charge in [0.2, 0.25) is 11.9 Å². The van der Waals surface area contributed by atoms with E-state index in [4.69, 9.17) is 16.2 Å². The van der Waals surface area contributed by atoms with E-state index in [1.165, 1.54) is 17.1 Å². The molecule has 1 aliphatic carbocycles. The first-order valence-corrected chi connectivity index (χ1v) is 11.2. The molecular weight excluding hydrogens is 466 g/mol. The Morgan fingerprint density at radius 3 is 2.71 bits per heavy atom. The Bertz CT molecular complexity index is 1100. The summed E-state index contributed by atoms with van der Waals surface area (Å²) < 4.78 is 7.09. The van der Waals surface area contributed by atoms with Crippen LogP contribution in [0.3, 0.4) is 0 Å². The number of ether oxygens (including phenoxy) is 1. The quantitative estimate of drug-likeness (QED) is 0.189. The molecule has 1 saturated carbocycles. The van der Waals surface area contributed by atoms with Crippen molar-refractivity contribution in [2.45, 2.75) is 67.9 Å². The summed E-state index contributed by atoms with van der Waals surface area (Å²) in [5.74, 6) is -2.74. The third-order valence-corrected chi connectivity index (χ3v) is 6.83. The minimum Gasteiger partial charge on any atom is -0.480 e. The Labute approximate surface area is 198 Å². The zero-order valence-electron chi connectivity index (χ0n) is 18.6. The number of aliphatic carboxylic acids is 1. The summed E-state index contributed by atoms with van der Waals surface area (Å²) in [6.07, 6.45) is -2.91. The number of aliphatic hydroxyl groups excluding tert-OH is 3. The maximum Gasteiger partial charge on any atom is 0.328 e. The van der Waals surface area contributed by atoms with Crippen molar-refractivity contribution in [2.75, 3.05) is 12.3 Å². The SMILES string of the molecule is Nc1ncc2ncn([C@H]3O[C@@H]([C@H](NC(=O)[C@@H]4CCC[C@@H]4N)C(=O)O)C[C@](O)([C@H](O)CO)[C@@H]3O)c2n1. The third kappa shape index (κ3) is 4.53. The summed E-state index contributed by atoms with van der Waals surface area (Å²) in [5.41, 5.74) is 9.59. The minimum absolute atomic E-state index is 0.107. The number of amides is 1. The number of aromatic nitrogens is 4. The van der Waals surface area contributed by atoms with Gasteiger partial charge >= 0.3 is 5.97 Å². The average Bonchev–Trinajstić information content (AvgIpc) is 3.44. The Kier molecular flexibility index (Phi) is 6.90. The van der Waals surface area contributed by atoms with Crippen molar-refractivity contribution in [1.29, 1.82) is 0 Å². The number of hydrogen-bond acceptors (Lipinski definition) is 12. The molecule has 1 aliphatic heterocycles. The van der Waals surface area contributed by atoms with Crippen LogP contribution in [0.5, 0.6) is 0 Å². The molecule has 1 saturated heterocycles. The second-order valence-electron chi connectivity index (χ2n) is 9.02. The van der Waals surface area contributed by atoms with Crippen LogP contribution in [0.25, 0.3) is 11.2 Å². The largest absolute Gasteiger partial charge is 0.480 e. The first-order valence-electron chi connectivity index (χ1n) is 11.2. The molecular formula is C20H29N7O8. The Balaban J connectivity index is 1.70. The van der Waals surface area contributed by atoms with Gasteiger partial charge < -0.3 is 47.1 Å². The summed E-state index contributed by atoms with van der Waals surface area (Å²) in [4.78, 5) is 36.9. The molecule has 15 nitrogen and oxygen atoms in total. The number of rotatable bonds is 7. The number of nitrogens with two attached hydrogens (primary N) is 2. The van der Waals surface area contributed by atoms with Crippen LogP contribution in [0.15, 0.2) is 12.5 Å². The van der Waals surface area contributed by atoms with Crippen LogP contribution in [-0.2, 0) is 14.3 Å². The van der Waals surface area contributed by atoms with E-state index in [2.05, 4.69) is 20.3 Å². The molecule has 15 heteroatoms. The van der Waals surface area contributed by atoms with Gasteiger partial charge in [0, 0.05) is 12.5 Å². The first kappa shape index (κ1) is 25.2. The van der Waals surface area contributed by atoms with Crippen LogP contribution in [0.1, 0.15) is 31.9 Å². The van der Waals surface area contributed by atoms with Crippen LogP contribution in [0, 0.1) is 5.92 Å². The van der Waals surface area contributed by atoms with Crippen molar-refractivity contribution >= 4 is 29.0 Å². The molecule has 0 bridgehead atoms. The number of carbonyl (C=O) groups excluding carboxylic acids is 1. The number of nitrogens with zero attached hydrogens (tertiary/aromatic N) is 4. The fraction of sp³-hybridized carbons (Fsp3) is 0.650. The number of carbonyl (C=O) groups is 2. The molecule has 10 N–H and O–H groups in total. The van der Waals surface area contributed by atoms with Crippen molar-refractivity contribution < 1.29 is 39.9 Å². The van der Waals surface area contributed by atoms with Crippen molar-refractivity contribution in [3.63, 3.8) is 0 Å². The van der Waals surface area contributed by atoms with E-state index in [1.807, 2.05) is 0 Å². The second kappa shape index (κ2) is 9.60. The lowest BCUT2D eigenvalue weighted by Gasteiger charge is -2.48. The first-order chi connectivity index (χ1) is 16.6. The minimum atomic E-state index is -2.42. The normalized spacial score (nSPS) is 32.9. The number of carboxylic acid groups (broad SMARTS) is 1. The maximum absolute atomic E-state index is 12.8. The van der Waals surface area contributed by atoms with E-state index in [9.17, 15) is 35.1 Å². The lowest BCUT2D eigenvalue weighted by atomic mass is 9.79. The molecule has 4 rings (SSSR count). The monoisotopic (exact) mass is 495 g/mol. The zero-order chi connectivity index (χ0) is 25.5. The molecule has 2 aromatic rings. The molecule has 3 heterocycles. The van der Waals surface area contributed by atoms with Gasteiger partial charge in [-0.3, -0.25) is 9.36 Å². The van der Waals surface area contributed by atoms with Crippen molar-refractivity contribution in [1.82, 2.24) is 24.8 Å². The van der Waals surface area contributed by atoms with Gasteiger partial charge in [-0.1, -0.05) is 6.42 Å². The van der Waals surface area contributed by atoms with Gasteiger partial charge in [0.25, 0.3) is 0 Å². The molecule has 0 unspecified atom stereocenters. The average molecular weight is 495 g/mol. The number of fused-ring (bicyclic) bond motifs is 1. The highest BCUT2D eigenvalue weighted by Gasteiger charge is 2.56. The van der Waals surface area contributed by atoms with E-state index in [0.717, 1.165) is 6.42 Å². The molecule has 192 valence electrons. The van der Waals surface area contributed by atoms with Crippen molar-refractivity contribution in [2.24, 2.45) is 11.7 Å². The smallest absolute Gasteiger partial charge is 0.328 e. The van der Waals surface area contributed by atoms with E-state index >= 15 is 0 Å². The second-order valence-corrected chi connectivity index (χ2v) is 9.02. The third-order valence-electron chi connectivity index (χ3n) is 6.83. The zero-order valence-corrected chi connectivity index (χ0v) is 18.6. The molecule has 2 fully saturated rings. The number of carboxylic acids is 1. The standard InChI is InChI=1S/C20H29N7O8/c21-9-3-1-2-8(9)16(31)25-13(18(32)33)11-4-20(34,12(29)6-28)14(30)17(35-11)27-7-24-10-5-23-19(22)26-15(10)27/h5,7-9,11-14,17,28-30,34H,1-4,6,21H2,(H,25,31)(H,32,33)(H2,22,23,26)/t8-,9+,11-,12-,13+,14-,17+,20+/m1/s1. The summed E-state index contributed by atoms with van der Waals surface area (Å²) in [6.45, 7) is -0.937. The molecule has 0 spiro atoms. The van der Waals surface area contributed by atoms with Crippen molar-refractivity contribution in [3.05, 3.63) is 12.5 Å². The van der Waals surface area contributed by atoms with E-state index in [1.54, 1.807) is 0 Å². The summed E-state index contributed by atoms with van der Waals surface area (Å²) in [6, 6.07) is -2.08. The topological polar surface area (TPSA) is 252 Å². The fourth-order valence-electron chi connectivity index (χ4n) is 4.81. The highest BCUT2D eigenvalue weighted by Crippen LogP contribution is 2.39. The fourth-order valence-corrected chi connectivity index (χ4v) is 4.81. The molecule has 0 aromatic carbocycles. The number of imidazole rings is 1. The summed E-state index contributed by atoms with van der Waals surface area (Å²) >= 11 is 0. The Morgan fingerprint density at radius 2 is 2.09 bits per heavy atom. The van der Waals surface area contributed by atoms with Crippen LogP contribution in [0.4, 0.5) is 5.95 Å². The Hall–Kier alpha value is -2.95. The molecule has 35 heavy (non-hydrogen) atoms. The highest BCUT2D eigenvalue weighted by atomic mass is 16.5. The maximum atomic E-state index is 12.8.